The van der Waals surface area contributed by atoms with E-state index in [2.05, 4.69) is 22.0 Å². The lowest BCUT2D eigenvalue weighted by Gasteiger charge is -2.44. The van der Waals surface area contributed by atoms with Crippen molar-refractivity contribution >= 4 is 17.3 Å². The molecule has 2 fully saturated rings. The first-order valence-electron chi connectivity index (χ1n) is 10.4. The van der Waals surface area contributed by atoms with Crippen LogP contribution in [0.3, 0.4) is 0 Å². The minimum absolute atomic E-state index is 0.296. The number of ether oxygens (including phenoxy) is 1. The number of piperidine rings is 1. The molecular formula is C22H26N2O3S. The maximum atomic E-state index is 11.1. The van der Waals surface area contributed by atoms with Crippen molar-refractivity contribution in [3.8, 4) is 16.3 Å². The third kappa shape index (κ3) is 3.55. The summed E-state index contributed by atoms with van der Waals surface area (Å²) >= 11 is 1.63. The van der Waals surface area contributed by atoms with E-state index in [0.717, 1.165) is 45.8 Å². The van der Waals surface area contributed by atoms with Gasteiger partial charge in [-0.2, -0.15) is 0 Å². The Balaban J connectivity index is 1.16. The van der Waals surface area contributed by atoms with E-state index in [1.807, 2.05) is 12.1 Å². The molecular weight excluding hydrogens is 372 g/mol. The largest absolute Gasteiger partial charge is 0.490 e. The number of carbonyl (C=O) groups is 1. The minimum Gasteiger partial charge on any atom is -0.490 e. The number of carboxylic acids is 1. The molecule has 1 aromatic heterocycles. The van der Waals surface area contributed by atoms with Crippen molar-refractivity contribution in [1.29, 1.82) is 0 Å². The highest BCUT2D eigenvalue weighted by Gasteiger charge is 2.35. The maximum absolute atomic E-state index is 11.1. The molecule has 5 nitrogen and oxygen atoms in total. The summed E-state index contributed by atoms with van der Waals surface area (Å²) in [4.78, 5) is 19.6. The molecule has 1 unspecified atom stereocenters. The van der Waals surface area contributed by atoms with Gasteiger partial charge in [-0.1, -0.05) is 6.42 Å². The third-order valence-corrected chi connectivity index (χ3v) is 7.55. The molecule has 1 aromatic carbocycles. The van der Waals surface area contributed by atoms with Gasteiger partial charge in [-0.15, -0.1) is 11.3 Å². The Morgan fingerprint density at radius 2 is 1.86 bits per heavy atom. The van der Waals surface area contributed by atoms with E-state index in [1.54, 1.807) is 11.3 Å². The molecule has 2 aliphatic carbocycles. The van der Waals surface area contributed by atoms with Crippen LogP contribution in [-0.4, -0.2) is 46.2 Å². The van der Waals surface area contributed by atoms with Crippen LogP contribution in [0, 0.1) is 5.92 Å². The summed E-state index contributed by atoms with van der Waals surface area (Å²) in [6, 6.07) is 8.93. The summed E-state index contributed by atoms with van der Waals surface area (Å²) in [5.74, 6) is -0.0810. The molecule has 1 atom stereocenters. The van der Waals surface area contributed by atoms with Crippen LogP contribution in [0.2, 0.25) is 0 Å². The first kappa shape index (κ1) is 18.1. The molecule has 1 aliphatic heterocycles. The first-order valence-corrected chi connectivity index (χ1v) is 11.2. The van der Waals surface area contributed by atoms with Crippen molar-refractivity contribution in [3.63, 3.8) is 0 Å². The zero-order chi connectivity index (χ0) is 19.1. The number of aliphatic carboxylic acids is 1. The molecule has 1 N–H and O–H groups in total. The number of carboxylic acid groups (broad SMARTS) is 1. The Kier molecular flexibility index (Phi) is 4.85. The van der Waals surface area contributed by atoms with E-state index < -0.39 is 5.97 Å². The second-order valence-electron chi connectivity index (χ2n) is 8.32. The topological polar surface area (TPSA) is 62.7 Å². The molecule has 1 saturated heterocycles. The van der Waals surface area contributed by atoms with E-state index >= 15 is 0 Å². The van der Waals surface area contributed by atoms with Gasteiger partial charge in [-0.25, -0.2) is 4.98 Å². The summed E-state index contributed by atoms with van der Waals surface area (Å²) in [6.45, 7) is 2.52. The second kappa shape index (κ2) is 7.48. The second-order valence-corrected chi connectivity index (χ2v) is 9.40. The lowest BCUT2D eigenvalue weighted by atomic mass is 9.86. The summed E-state index contributed by atoms with van der Waals surface area (Å²) in [5.41, 5.74) is 2.05. The minimum atomic E-state index is -0.716. The van der Waals surface area contributed by atoms with Gasteiger partial charge in [0.1, 0.15) is 16.9 Å². The van der Waals surface area contributed by atoms with Crippen molar-refractivity contribution in [1.82, 2.24) is 9.88 Å². The highest BCUT2D eigenvalue weighted by atomic mass is 32.1. The number of fused-ring (bicyclic) bond motifs is 1. The van der Waals surface area contributed by atoms with Gasteiger partial charge in [0.15, 0.2) is 0 Å². The molecule has 3 aliphatic rings. The van der Waals surface area contributed by atoms with Gasteiger partial charge in [0.2, 0.25) is 0 Å². The summed E-state index contributed by atoms with van der Waals surface area (Å²) in [5, 5.41) is 10.1. The number of benzene rings is 1. The predicted octanol–water partition coefficient (Wildman–Crippen LogP) is 4.01. The van der Waals surface area contributed by atoms with Crippen LogP contribution in [0.25, 0.3) is 10.6 Å². The molecule has 6 heteroatoms. The molecule has 28 heavy (non-hydrogen) atoms. The Labute approximate surface area is 169 Å². The van der Waals surface area contributed by atoms with Gasteiger partial charge >= 0.3 is 5.97 Å². The molecule has 148 valence electrons. The number of hydrogen-bond donors (Lipinski definition) is 1. The lowest BCUT2D eigenvalue weighted by Crippen LogP contribution is -2.50. The molecule has 0 amide bonds. The SMILES string of the molecule is O=C(O)C1Cc2nc(-c3ccc(OC4CC(N5CCCCC5)C4)cc3)sc2C1. The van der Waals surface area contributed by atoms with Crippen molar-refractivity contribution in [3.05, 3.63) is 34.8 Å². The molecule has 0 bridgehead atoms. The standard InChI is InChI=1S/C22H26N2O3S/c25-22(26)15-10-19-20(11-15)28-21(23-19)14-4-6-17(7-5-14)27-18-12-16(13-18)24-8-2-1-3-9-24/h4-7,15-16,18H,1-3,8-13H2,(H,25,26). The highest BCUT2D eigenvalue weighted by molar-refractivity contribution is 7.15. The van der Waals surface area contributed by atoms with E-state index in [0.29, 0.717) is 18.9 Å². The lowest BCUT2D eigenvalue weighted by molar-refractivity contribution is -0.141. The van der Waals surface area contributed by atoms with Crippen molar-refractivity contribution in [2.45, 2.75) is 57.1 Å². The van der Waals surface area contributed by atoms with Crippen LogP contribution in [0.4, 0.5) is 0 Å². The Morgan fingerprint density at radius 1 is 1.11 bits per heavy atom. The summed E-state index contributed by atoms with van der Waals surface area (Å²) in [7, 11) is 0. The molecule has 0 radical (unpaired) electrons. The van der Waals surface area contributed by atoms with Gasteiger partial charge in [0.05, 0.1) is 11.6 Å². The monoisotopic (exact) mass is 398 g/mol. The van der Waals surface area contributed by atoms with Gasteiger partial charge in [-0.3, -0.25) is 4.79 Å². The predicted molar refractivity (Wildman–Crippen MR) is 109 cm³/mol. The maximum Gasteiger partial charge on any atom is 0.307 e. The zero-order valence-electron chi connectivity index (χ0n) is 16.0. The van der Waals surface area contributed by atoms with Crippen LogP contribution in [0.15, 0.2) is 24.3 Å². The molecule has 2 heterocycles. The van der Waals surface area contributed by atoms with Gasteiger partial charge in [0.25, 0.3) is 0 Å². The van der Waals surface area contributed by atoms with Crippen LogP contribution in [0.5, 0.6) is 5.75 Å². The van der Waals surface area contributed by atoms with E-state index in [4.69, 9.17) is 9.84 Å². The number of likely N-dealkylation sites (tertiary alicyclic amines) is 1. The average molecular weight is 399 g/mol. The molecule has 1 saturated carbocycles. The van der Waals surface area contributed by atoms with Gasteiger partial charge in [0, 0.05) is 35.7 Å². The van der Waals surface area contributed by atoms with Crippen molar-refractivity contribution in [2.24, 2.45) is 5.92 Å². The van der Waals surface area contributed by atoms with Crippen LogP contribution < -0.4 is 4.74 Å². The quantitative estimate of drug-likeness (QED) is 0.825. The Bertz CT molecular complexity index is 828. The number of nitrogens with zero attached hydrogens (tertiary/aromatic N) is 2. The van der Waals surface area contributed by atoms with Crippen LogP contribution >= 0.6 is 11.3 Å². The third-order valence-electron chi connectivity index (χ3n) is 6.38. The zero-order valence-corrected chi connectivity index (χ0v) is 16.8. The number of hydrogen-bond acceptors (Lipinski definition) is 5. The van der Waals surface area contributed by atoms with Gasteiger partial charge in [-0.05, 0) is 56.6 Å². The molecule has 5 rings (SSSR count). The Morgan fingerprint density at radius 3 is 2.54 bits per heavy atom. The average Bonchev–Trinajstić information content (AvgIpc) is 3.25. The Hall–Kier alpha value is -1.92. The van der Waals surface area contributed by atoms with Crippen LogP contribution in [-0.2, 0) is 17.6 Å². The molecule has 2 aromatic rings. The fourth-order valence-electron chi connectivity index (χ4n) is 4.61. The number of aromatic nitrogens is 1. The van der Waals surface area contributed by atoms with E-state index in [1.165, 1.54) is 32.4 Å². The van der Waals surface area contributed by atoms with E-state index in [9.17, 15) is 4.79 Å². The van der Waals surface area contributed by atoms with Gasteiger partial charge < -0.3 is 14.7 Å². The summed E-state index contributed by atoms with van der Waals surface area (Å²) < 4.78 is 6.15. The van der Waals surface area contributed by atoms with Crippen molar-refractivity contribution in [2.75, 3.05) is 13.1 Å². The number of thiazole rings is 1. The fourth-order valence-corrected chi connectivity index (χ4v) is 5.79. The smallest absolute Gasteiger partial charge is 0.307 e. The number of rotatable bonds is 5. The highest BCUT2D eigenvalue weighted by Crippen LogP contribution is 2.37. The van der Waals surface area contributed by atoms with Crippen molar-refractivity contribution < 1.29 is 14.6 Å². The normalized spacial score (nSPS) is 27.2. The van der Waals surface area contributed by atoms with Crippen LogP contribution in [0.1, 0.15) is 42.7 Å². The summed E-state index contributed by atoms with van der Waals surface area (Å²) in [6.07, 6.45) is 7.89. The molecule has 0 spiro atoms. The van der Waals surface area contributed by atoms with E-state index in [-0.39, 0.29) is 5.92 Å². The fraction of sp³-hybridized carbons (Fsp3) is 0.545. The first-order chi connectivity index (χ1) is 13.7.